The highest BCUT2D eigenvalue weighted by Gasteiger charge is 2.14. The van der Waals surface area contributed by atoms with Crippen LogP contribution in [0.25, 0.3) is 11.2 Å². The Bertz CT molecular complexity index is 799. The van der Waals surface area contributed by atoms with Crippen molar-refractivity contribution < 1.29 is 4.39 Å². The smallest absolute Gasteiger partial charge is 0.226 e. The highest BCUT2D eigenvalue weighted by atomic mass is 35.5. The zero-order valence-corrected chi connectivity index (χ0v) is 12.3. The molecule has 0 atom stereocenters. The molecule has 0 radical (unpaired) electrons. The first-order chi connectivity index (χ1) is 10.1. The number of nitrogens with zero attached hydrogens (tertiary/aromatic N) is 5. The number of benzene rings is 1. The lowest BCUT2D eigenvalue weighted by Gasteiger charge is -2.12. The van der Waals surface area contributed by atoms with Crippen molar-refractivity contribution in [2.45, 2.75) is 6.54 Å². The van der Waals surface area contributed by atoms with Crippen molar-refractivity contribution in [2.24, 2.45) is 0 Å². The van der Waals surface area contributed by atoms with Crippen LogP contribution in [0.5, 0.6) is 0 Å². The van der Waals surface area contributed by atoms with Crippen LogP contribution in [0.2, 0.25) is 5.28 Å². The van der Waals surface area contributed by atoms with Crippen molar-refractivity contribution in [1.29, 1.82) is 0 Å². The minimum absolute atomic E-state index is 0.140. The number of hydrogen-bond acceptors (Lipinski definition) is 4. The summed E-state index contributed by atoms with van der Waals surface area (Å²) in [6.07, 6.45) is 1.62. The first-order valence-corrected chi connectivity index (χ1v) is 6.73. The summed E-state index contributed by atoms with van der Waals surface area (Å²) in [5.41, 5.74) is 1.79. The molecule has 0 fully saturated rings. The molecule has 21 heavy (non-hydrogen) atoms. The molecule has 0 unspecified atom stereocenters. The maximum Gasteiger partial charge on any atom is 0.226 e. The van der Waals surface area contributed by atoms with E-state index in [1.54, 1.807) is 29.1 Å². The molecule has 2 aromatic heterocycles. The Labute approximate surface area is 126 Å². The van der Waals surface area contributed by atoms with E-state index in [1.807, 2.05) is 19.0 Å². The van der Waals surface area contributed by atoms with E-state index in [0.717, 1.165) is 0 Å². The summed E-state index contributed by atoms with van der Waals surface area (Å²) in [6.45, 7) is 0.337. The van der Waals surface area contributed by atoms with Gasteiger partial charge < -0.3 is 9.47 Å². The van der Waals surface area contributed by atoms with E-state index in [0.29, 0.717) is 29.1 Å². The van der Waals surface area contributed by atoms with Crippen LogP contribution in [0.15, 0.2) is 30.6 Å². The van der Waals surface area contributed by atoms with E-state index in [1.165, 1.54) is 6.07 Å². The molecule has 0 bridgehead atoms. The van der Waals surface area contributed by atoms with E-state index in [2.05, 4.69) is 15.0 Å². The van der Waals surface area contributed by atoms with Crippen LogP contribution < -0.4 is 4.90 Å². The number of imidazole rings is 1. The second-order valence-corrected chi connectivity index (χ2v) is 5.18. The Morgan fingerprint density at radius 1 is 1.24 bits per heavy atom. The molecule has 1 aromatic carbocycles. The summed E-state index contributed by atoms with van der Waals surface area (Å²) >= 11 is 5.97. The van der Waals surface area contributed by atoms with Crippen molar-refractivity contribution in [1.82, 2.24) is 19.5 Å². The molecule has 0 saturated carbocycles. The first kappa shape index (κ1) is 13.8. The molecule has 0 aliphatic rings. The fraction of sp³-hybridized carbons (Fsp3) is 0.214. The lowest BCUT2D eigenvalue weighted by Crippen LogP contribution is -2.12. The van der Waals surface area contributed by atoms with Crippen molar-refractivity contribution >= 4 is 28.6 Å². The zero-order valence-electron chi connectivity index (χ0n) is 11.6. The van der Waals surface area contributed by atoms with Crippen LogP contribution in [0.1, 0.15) is 5.56 Å². The van der Waals surface area contributed by atoms with Crippen LogP contribution in [0.4, 0.5) is 10.2 Å². The van der Waals surface area contributed by atoms with E-state index >= 15 is 0 Å². The average Bonchev–Trinajstić information content (AvgIpc) is 2.83. The van der Waals surface area contributed by atoms with E-state index in [4.69, 9.17) is 11.6 Å². The van der Waals surface area contributed by atoms with Gasteiger partial charge in [0.05, 0.1) is 12.9 Å². The average molecular weight is 306 g/mol. The largest absolute Gasteiger partial charge is 0.361 e. The SMILES string of the molecule is CN(C)c1nc(Cl)nc2c1ncn2Cc1ccccc1F. The van der Waals surface area contributed by atoms with Gasteiger partial charge in [0.1, 0.15) is 5.82 Å². The lowest BCUT2D eigenvalue weighted by atomic mass is 10.2. The second kappa shape index (κ2) is 5.29. The van der Waals surface area contributed by atoms with Crippen molar-refractivity contribution in [2.75, 3.05) is 19.0 Å². The van der Waals surface area contributed by atoms with Gasteiger partial charge in [-0.3, -0.25) is 0 Å². The van der Waals surface area contributed by atoms with Gasteiger partial charge in [0.2, 0.25) is 5.28 Å². The fourth-order valence-corrected chi connectivity index (χ4v) is 2.30. The van der Waals surface area contributed by atoms with Gasteiger partial charge in [-0.05, 0) is 17.7 Å². The third-order valence-electron chi connectivity index (χ3n) is 3.14. The summed E-state index contributed by atoms with van der Waals surface area (Å²) < 4.78 is 15.5. The van der Waals surface area contributed by atoms with Gasteiger partial charge in [0.25, 0.3) is 0 Å². The second-order valence-electron chi connectivity index (χ2n) is 4.85. The van der Waals surface area contributed by atoms with Crippen LogP contribution >= 0.6 is 11.6 Å². The van der Waals surface area contributed by atoms with Gasteiger partial charge in [0, 0.05) is 19.7 Å². The van der Waals surface area contributed by atoms with Gasteiger partial charge in [-0.15, -0.1) is 0 Å². The molecule has 3 rings (SSSR count). The predicted octanol–water partition coefficient (Wildman–Crippen LogP) is 2.73. The predicted molar refractivity (Wildman–Crippen MR) is 80.2 cm³/mol. The minimum Gasteiger partial charge on any atom is -0.361 e. The number of anilines is 1. The monoisotopic (exact) mass is 305 g/mol. The molecule has 0 aliphatic heterocycles. The highest BCUT2D eigenvalue weighted by Crippen LogP contribution is 2.23. The highest BCUT2D eigenvalue weighted by molar-refractivity contribution is 6.28. The molecular formula is C14H13ClFN5. The van der Waals surface area contributed by atoms with E-state index in [-0.39, 0.29) is 11.1 Å². The number of rotatable bonds is 3. The molecule has 0 saturated heterocycles. The maximum atomic E-state index is 13.8. The van der Waals surface area contributed by atoms with Gasteiger partial charge >= 0.3 is 0 Å². The Balaban J connectivity index is 2.10. The molecule has 108 valence electrons. The van der Waals surface area contributed by atoms with Crippen molar-refractivity contribution in [3.8, 4) is 0 Å². The third kappa shape index (κ3) is 2.54. The van der Waals surface area contributed by atoms with Crippen molar-refractivity contribution in [3.05, 3.63) is 47.3 Å². The molecular weight excluding hydrogens is 293 g/mol. The minimum atomic E-state index is -0.257. The Morgan fingerprint density at radius 3 is 2.71 bits per heavy atom. The summed E-state index contributed by atoms with van der Waals surface area (Å²) in [6, 6.07) is 6.62. The maximum absolute atomic E-state index is 13.8. The molecule has 2 heterocycles. The van der Waals surface area contributed by atoms with Crippen LogP contribution in [-0.2, 0) is 6.54 Å². The van der Waals surface area contributed by atoms with Crippen LogP contribution in [0.3, 0.4) is 0 Å². The molecule has 0 aliphatic carbocycles. The van der Waals surface area contributed by atoms with Gasteiger partial charge in [-0.1, -0.05) is 18.2 Å². The summed E-state index contributed by atoms with van der Waals surface area (Å²) in [5, 5.41) is 0.140. The first-order valence-electron chi connectivity index (χ1n) is 6.35. The quantitative estimate of drug-likeness (QED) is 0.698. The van der Waals surface area contributed by atoms with Gasteiger partial charge in [0.15, 0.2) is 17.0 Å². The number of hydrogen-bond donors (Lipinski definition) is 0. The third-order valence-corrected chi connectivity index (χ3v) is 3.31. The number of halogens is 2. The Hall–Kier alpha value is -2.21. The molecule has 0 N–H and O–H groups in total. The van der Waals surface area contributed by atoms with Gasteiger partial charge in [-0.2, -0.15) is 9.97 Å². The summed E-state index contributed by atoms with van der Waals surface area (Å²) in [4.78, 5) is 14.5. The van der Waals surface area contributed by atoms with E-state index in [9.17, 15) is 4.39 Å². The van der Waals surface area contributed by atoms with Crippen LogP contribution in [-0.4, -0.2) is 33.6 Å². The summed E-state index contributed by atoms with van der Waals surface area (Å²) in [7, 11) is 3.71. The topological polar surface area (TPSA) is 46.8 Å². The van der Waals surface area contributed by atoms with E-state index < -0.39 is 0 Å². The Kier molecular flexibility index (Phi) is 3.47. The summed E-state index contributed by atoms with van der Waals surface area (Å²) in [5.74, 6) is 0.379. The van der Waals surface area contributed by atoms with Gasteiger partial charge in [-0.25, -0.2) is 9.37 Å². The van der Waals surface area contributed by atoms with Crippen LogP contribution in [0, 0.1) is 5.82 Å². The molecule has 0 amide bonds. The van der Waals surface area contributed by atoms with Crippen molar-refractivity contribution in [3.63, 3.8) is 0 Å². The normalized spacial score (nSPS) is 11.0. The number of aromatic nitrogens is 4. The fourth-order valence-electron chi connectivity index (χ4n) is 2.14. The standard InChI is InChI=1S/C14H13ClFN5/c1-20(2)12-11-13(19-14(15)18-12)21(8-17-11)7-9-5-3-4-6-10(9)16/h3-6,8H,7H2,1-2H3. The zero-order chi connectivity index (χ0) is 15.0. The Morgan fingerprint density at radius 2 is 2.00 bits per heavy atom. The lowest BCUT2D eigenvalue weighted by molar-refractivity contribution is 0.601. The molecule has 3 aromatic rings. The molecule has 5 nitrogen and oxygen atoms in total. The molecule has 7 heteroatoms. The molecule has 0 spiro atoms. The number of fused-ring (bicyclic) bond motifs is 1.